The fourth-order valence-corrected chi connectivity index (χ4v) is 2.89. The number of benzene rings is 2. The highest BCUT2D eigenvalue weighted by Crippen LogP contribution is 2.15. The fourth-order valence-electron chi connectivity index (χ4n) is 2.89. The van der Waals surface area contributed by atoms with Gasteiger partial charge in [-0.25, -0.2) is 0 Å². The lowest BCUT2D eigenvalue weighted by Gasteiger charge is -2.36. The second kappa shape index (κ2) is 9.01. The van der Waals surface area contributed by atoms with Crippen LogP contribution >= 0.6 is 0 Å². The maximum Gasteiger partial charge on any atom is 0.250 e. The smallest absolute Gasteiger partial charge is 0.250 e. The predicted molar refractivity (Wildman–Crippen MR) is 101 cm³/mol. The van der Waals surface area contributed by atoms with E-state index < -0.39 is 0 Å². The molecule has 2 aromatic carbocycles. The van der Waals surface area contributed by atoms with Gasteiger partial charge >= 0.3 is 0 Å². The molecular weight excluding hydrogens is 330 g/mol. The van der Waals surface area contributed by atoms with Crippen molar-refractivity contribution >= 4 is 23.2 Å². The molecule has 26 heavy (non-hydrogen) atoms. The van der Waals surface area contributed by atoms with Gasteiger partial charge in [0.05, 0.1) is 0 Å². The molecule has 0 radical (unpaired) electrons. The van der Waals surface area contributed by atoms with Gasteiger partial charge in [-0.15, -0.1) is 0 Å². The first-order valence-electron chi connectivity index (χ1n) is 8.73. The topological polar surface area (TPSA) is 61.9 Å². The maximum atomic E-state index is 12.2. The molecule has 2 amide bonds. The van der Waals surface area contributed by atoms with Crippen LogP contribution in [0, 0.1) is 0 Å². The highest BCUT2D eigenvalue weighted by molar-refractivity contribution is 5.91. The van der Waals surface area contributed by atoms with Crippen LogP contribution in [0.2, 0.25) is 0 Å². The van der Waals surface area contributed by atoms with E-state index in [1.165, 1.54) is 5.69 Å². The maximum absolute atomic E-state index is 12.2. The second-order valence-corrected chi connectivity index (χ2v) is 6.11. The molecule has 1 N–H and O–H groups in total. The van der Waals surface area contributed by atoms with Crippen LogP contribution in [0.5, 0.6) is 0 Å². The summed E-state index contributed by atoms with van der Waals surface area (Å²) in [6.07, 6.45) is 0. The molecule has 0 aliphatic carbocycles. The van der Waals surface area contributed by atoms with Gasteiger partial charge in [-0.1, -0.05) is 36.4 Å². The number of nitrogens with one attached hydrogen (secondary N) is 1. The number of piperazine rings is 1. The number of carbonyl (C=O) groups excluding carboxylic acids is 2. The monoisotopic (exact) mass is 353 g/mol. The van der Waals surface area contributed by atoms with Crippen molar-refractivity contribution in [3.8, 4) is 0 Å². The van der Waals surface area contributed by atoms with Crippen molar-refractivity contribution in [2.24, 2.45) is 0 Å². The Morgan fingerprint density at radius 2 is 1.46 bits per heavy atom. The molecule has 136 valence electrons. The lowest BCUT2D eigenvalue weighted by molar-refractivity contribution is -0.137. The van der Waals surface area contributed by atoms with E-state index in [1.54, 1.807) is 17.0 Å². The molecule has 0 saturated carbocycles. The molecule has 1 saturated heterocycles. The average Bonchev–Trinajstić information content (AvgIpc) is 2.69. The first-order chi connectivity index (χ1) is 12.7. The van der Waals surface area contributed by atoms with Gasteiger partial charge in [-0.2, -0.15) is 0 Å². The third-order valence-electron chi connectivity index (χ3n) is 4.27. The summed E-state index contributed by atoms with van der Waals surface area (Å²) in [6.45, 7) is 2.70. The third kappa shape index (κ3) is 5.07. The Morgan fingerprint density at radius 3 is 2.12 bits per heavy atom. The second-order valence-electron chi connectivity index (χ2n) is 6.11. The molecular formula is C20H23N3O3. The van der Waals surface area contributed by atoms with Crippen LogP contribution < -0.4 is 10.2 Å². The number of nitrogens with zero attached hydrogens (tertiary/aromatic N) is 2. The predicted octanol–water partition coefficient (Wildman–Crippen LogP) is 1.99. The minimum atomic E-state index is -0.266. The van der Waals surface area contributed by atoms with E-state index in [9.17, 15) is 9.59 Å². The van der Waals surface area contributed by atoms with E-state index in [2.05, 4.69) is 22.3 Å². The number of rotatable bonds is 6. The minimum Gasteiger partial charge on any atom is -0.368 e. The van der Waals surface area contributed by atoms with Crippen molar-refractivity contribution in [3.63, 3.8) is 0 Å². The first kappa shape index (κ1) is 17.9. The molecule has 6 nitrogen and oxygen atoms in total. The van der Waals surface area contributed by atoms with Gasteiger partial charge in [0.15, 0.2) is 0 Å². The number of para-hydroxylation sites is 2. The van der Waals surface area contributed by atoms with Crippen molar-refractivity contribution in [1.82, 2.24) is 4.90 Å². The molecule has 0 spiro atoms. The molecule has 0 aromatic heterocycles. The van der Waals surface area contributed by atoms with Gasteiger partial charge in [0, 0.05) is 37.6 Å². The molecule has 2 aromatic rings. The van der Waals surface area contributed by atoms with E-state index in [0.717, 1.165) is 13.1 Å². The Labute approximate surface area is 153 Å². The Hall–Kier alpha value is -2.86. The molecule has 3 rings (SSSR count). The number of amides is 2. The highest BCUT2D eigenvalue weighted by atomic mass is 16.5. The number of carbonyl (C=O) groups is 2. The number of ether oxygens (including phenoxy) is 1. The lowest BCUT2D eigenvalue weighted by atomic mass is 10.2. The zero-order valence-electron chi connectivity index (χ0n) is 14.6. The first-order valence-corrected chi connectivity index (χ1v) is 8.73. The molecule has 1 aliphatic rings. The SMILES string of the molecule is O=C(COCC(=O)N1CCN(c2ccccc2)CC1)Nc1ccccc1. The quantitative estimate of drug-likeness (QED) is 0.863. The van der Waals surface area contributed by atoms with Gasteiger partial charge in [0.25, 0.3) is 0 Å². The number of hydrogen-bond acceptors (Lipinski definition) is 4. The summed E-state index contributed by atoms with van der Waals surface area (Å²) in [4.78, 5) is 28.1. The summed E-state index contributed by atoms with van der Waals surface area (Å²) in [5.74, 6) is -0.344. The Balaban J connectivity index is 1.36. The summed E-state index contributed by atoms with van der Waals surface area (Å²) in [7, 11) is 0. The summed E-state index contributed by atoms with van der Waals surface area (Å²) >= 11 is 0. The van der Waals surface area contributed by atoms with Crippen LogP contribution in [-0.2, 0) is 14.3 Å². The Morgan fingerprint density at radius 1 is 0.846 bits per heavy atom. The standard InChI is InChI=1S/C20H23N3O3/c24-19(21-17-7-3-1-4-8-17)15-26-16-20(25)23-13-11-22(12-14-23)18-9-5-2-6-10-18/h1-10H,11-16H2,(H,21,24). The molecule has 0 bridgehead atoms. The molecule has 1 aliphatic heterocycles. The van der Waals surface area contributed by atoms with E-state index in [0.29, 0.717) is 18.8 Å². The highest BCUT2D eigenvalue weighted by Gasteiger charge is 2.21. The molecule has 1 fully saturated rings. The lowest BCUT2D eigenvalue weighted by Crippen LogP contribution is -2.49. The fraction of sp³-hybridized carbons (Fsp3) is 0.300. The zero-order valence-corrected chi connectivity index (χ0v) is 14.6. The normalized spacial score (nSPS) is 14.2. The third-order valence-corrected chi connectivity index (χ3v) is 4.27. The summed E-state index contributed by atoms with van der Waals surface area (Å²) in [6, 6.07) is 19.3. The molecule has 0 unspecified atom stereocenters. The molecule has 6 heteroatoms. The van der Waals surface area contributed by atoms with Crippen molar-refractivity contribution in [1.29, 1.82) is 0 Å². The van der Waals surface area contributed by atoms with Gasteiger partial charge in [-0.05, 0) is 24.3 Å². The summed E-state index contributed by atoms with van der Waals surface area (Å²) in [5, 5.41) is 2.72. The minimum absolute atomic E-state index is 0.0758. The summed E-state index contributed by atoms with van der Waals surface area (Å²) in [5.41, 5.74) is 1.89. The van der Waals surface area contributed by atoms with E-state index in [4.69, 9.17) is 4.74 Å². The van der Waals surface area contributed by atoms with Crippen LogP contribution in [0.15, 0.2) is 60.7 Å². The van der Waals surface area contributed by atoms with Crippen LogP contribution in [0.4, 0.5) is 11.4 Å². The van der Waals surface area contributed by atoms with Crippen molar-refractivity contribution < 1.29 is 14.3 Å². The number of anilines is 2. The van der Waals surface area contributed by atoms with Gasteiger partial charge in [0.1, 0.15) is 13.2 Å². The van der Waals surface area contributed by atoms with Crippen molar-refractivity contribution in [3.05, 3.63) is 60.7 Å². The average molecular weight is 353 g/mol. The largest absolute Gasteiger partial charge is 0.368 e. The zero-order chi connectivity index (χ0) is 18.2. The van der Waals surface area contributed by atoms with E-state index in [-0.39, 0.29) is 25.0 Å². The summed E-state index contributed by atoms with van der Waals surface area (Å²) < 4.78 is 5.28. The van der Waals surface area contributed by atoms with Crippen LogP contribution in [0.3, 0.4) is 0 Å². The van der Waals surface area contributed by atoms with Gasteiger partial charge in [-0.3, -0.25) is 9.59 Å². The van der Waals surface area contributed by atoms with Crippen molar-refractivity contribution in [2.75, 3.05) is 49.6 Å². The Bertz CT molecular complexity index is 714. The Kier molecular flexibility index (Phi) is 6.22. The number of hydrogen-bond donors (Lipinski definition) is 1. The van der Waals surface area contributed by atoms with Gasteiger partial charge < -0.3 is 19.9 Å². The van der Waals surface area contributed by atoms with Crippen molar-refractivity contribution in [2.45, 2.75) is 0 Å². The molecule has 0 atom stereocenters. The van der Waals surface area contributed by atoms with Crippen LogP contribution in [0.1, 0.15) is 0 Å². The van der Waals surface area contributed by atoms with Crippen LogP contribution in [0.25, 0.3) is 0 Å². The van der Waals surface area contributed by atoms with E-state index >= 15 is 0 Å². The molecule has 1 heterocycles. The van der Waals surface area contributed by atoms with Crippen LogP contribution in [-0.4, -0.2) is 56.1 Å². The van der Waals surface area contributed by atoms with Gasteiger partial charge in [0.2, 0.25) is 11.8 Å². The van der Waals surface area contributed by atoms with E-state index in [1.807, 2.05) is 36.4 Å².